The van der Waals surface area contributed by atoms with Crippen molar-refractivity contribution in [3.05, 3.63) is 0 Å². The molecule has 0 heterocycles. The quantitative estimate of drug-likeness (QED) is 0.451. The molecule has 3 rings (SSSR count). The minimum atomic E-state index is -4.85. The zero-order chi connectivity index (χ0) is 17.6. The number of rotatable bonds is 3. The molecule has 6 heteroatoms. The fourth-order valence-corrected chi connectivity index (χ4v) is 9.29. The molecule has 3 fully saturated rings. The van der Waals surface area contributed by atoms with Crippen molar-refractivity contribution in [2.45, 2.75) is 100 Å². The Morgan fingerprint density at radius 2 is 1.08 bits per heavy atom. The van der Waals surface area contributed by atoms with Gasteiger partial charge in [-0.15, -0.1) is 0 Å². The second-order valence-electron chi connectivity index (χ2n) is 7.25. The van der Waals surface area contributed by atoms with Gasteiger partial charge in [-0.25, -0.2) is 4.79 Å². The van der Waals surface area contributed by atoms with E-state index < -0.39 is 12.1 Å². The monoisotopic (exact) mass is 366 g/mol. The number of ether oxygens (including phenoxy) is 1. The predicted molar refractivity (Wildman–Crippen MR) is 91.8 cm³/mol. The molecule has 0 unspecified atom stereocenters. The lowest BCUT2D eigenvalue weighted by Gasteiger charge is -2.35. The summed E-state index contributed by atoms with van der Waals surface area (Å²) < 4.78 is 36.3. The van der Waals surface area contributed by atoms with Crippen LogP contribution in [0.15, 0.2) is 0 Å². The van der Waals surface area contributed by atoms with E-state index in [9.17, 15) is 18.0 Å². The summed E-state index contributed by atoms with van der Waals surface area (Å²) >= 11 is 0. The molecule has 3 aliphatic carbocycles. The van der Waals surface area contributed by atoms with Crippen LogP contribution < -0.4 is 0 Å². The largest absolute Gasteiger partial charge is 0.490 e. The van der Waals surface area contributed by atoms with Crippen LogP contribution in [-0.4, -0.2) is 36.2 Å². The van der Waals surface area contributed by atoms with Crippen molar-refractivity contribution in [3.8, 4) is 0 Å². The van der Waals surface area contributed by atoms with Gasteiger partial charge in [0.2, 0.25) is 0 Å². The summed E-state index contributed by atoms with van der Waals surface area (Å²) in [6.07, 6.45) is 14.2. The minimum Gasteiger partial charge on any atom is -0.462 e. The summed E-state index contributed by atoms with van der Waals surface area (Å²) in [5.74, 6) is -2.17. The van der Waals surface area contributed by atoms with Crippen LogP contribution in [0.25, 0.3) is 0 Å². The van der Waals surface area contributed by atoms with Gasteiger partial charge < -0.3 is 4.74 Å². The van der Waals surface area contributed by atoms with E-state index in [-0.39, 0.29) is 0 Å². The summed E-state index contributed by atoms with van der Waals surface area (Å²) in [5.41, 5.74) is 3.63. The van der Waals surface area contributed by atoms with Crippen LogP contribution in [0.1, 0.15) is 77.0 Å². The van der Waals surface area contributed by atoms with Crippen LogP contribution in [0.4, 0.5) is 13.2 Å². The number of hydrogen-bond acceptors (Lipinski definition) is 2. The molecular formula is C18H30F3O2P. The lowest BCUT2D eigenvalue weighted by Crippen LogP contribution is -2.23. The number of methoxy groups -OCH3 is 1. The molecule has 0 amide bonds. The number of esters is 1. The lowest BCUT2D eigenvalue weighted by molar-refractivity contribution is -0.196. The third-order valence-electron chi connectivity index (χ3n) is 5.66. The maximum absolute atomic E-state index is 11.0. The maximum Gasteiger partial charge on any atom is 0.490 e. The number of hydrogen-bond donors (Lipinski definition) is 0. The molecule has 0 saturated heterocycles. The smallest absolute Gasteiger partial charge is 0.462 e. The summed E-state index contributed by atoms with van der Waals surface area (Å²) in [4.78, 5) is 9.49. The van der Waals surface area contributed by atoms with Crippen molar-refractivity contribution in [1.29, 1.82) is 0 Å². The molecule has 0 bridgehead atoms. The Morgan fingerprint density at radius 3 is 1.25 bits per heavy atom. The van der Waals surface area contributed by atoms with Gasteiger partial charge in [0.05, 0.1) is 7.11 Å². The van der Waals surface area contributed by atoms with Gasteiger partial charge in [-0.3, -0.25) is 0 Å². The van der Waals surface area contributed by atoms with Crippen molar-refractivity contribution in [1.82, 2.24) is 0 Å². The highest BCUT2D eigenvalue weighted by atomic mass is 31.1. The fourth-order valence-electron chi connectivity index (χ4n) is 4.62. The third kappa shape index (κ3) is 5.61. The van der Waals surface area contributed by atoms with Crippen molar-refractivity contribution < 1.29 is 22.7 Å². The standard InChI is InChI=1S/C15H27P.C3H3F3O2/c1-2-8-13(7-1)16(14-9-3-4-10-14)15-11-5-6-12-15;1-8-2(7)3(4,5)6/h13-15H,1-12H2;1H3. The first-order chi connectivity index (χ1) is 11.4. The fraction of sp³-hybridized carbons (Fsp3) is 0.944. The average molecular weight is 366 g/mol. The normalized spacial score (nSPS) is 23.5. The Labute approximate surface area is 144 Å². The van der Waals surface area contributed by atoms with Crippen molar-refractivity contribution in [2.75, 3.05) is 7.11 Å². The zero-order valence-corrected chi connectivity index (χ0v) is 15.5. The zero-order valence-electron chi connectivity index (χ0n) is 14.6. The summed E-state index contributed by atoms with van der Waals surface area (Å²) in [7, 11) is 1.11. The van der Waals surface area contributed by atoms with Gasteiger partial charge >= 0.3 is 12.1 Å². The van der Waals surface area contributed by atoms with E-state index in [1.165, 1.54) is 17.0 Å². The van der Waals surface area contributed by atoms with Gasteiger partial charge in [-0.2, -0.15) is 13.2 Å². The molecule has 0 aliphatic heterocycles. The Kier molecular flexibility index (Phi) is 7.84. The molecule has 2 nitrogen and oxygen atoms in total. The topological polar surface area (TPSA) is 26.3 Å². The van der Waals surface area contributed by atoms with E-state index in [2.05, 4.69) is 4.74 Å². The molecule has 0 radical (unpaired) electrons. The molecule has 0 N–H and O–H groups in total. The van der Waals surface area contributed by atoms with Crippen LogP contribution in [0.3, 0.4) is 0 Å². The predicted octanol–water partition coefficient (Wildman–Crippen LogP) is 6.02. The lowest BCUT2D eigenvalue weighted by atomic mass is 10.3. The number of halogens is 3. The second-order valence-corrected chi connectivity index (χ2v) is 10.3. The highest BCUT2D eigenvalue weighted by molar-refractivity contribution is 7.60. The minimum absolute atomic E-state index is 0.436. The van der Waals surface area contributed by atoms with Crippen molar-refractivity contribution >= 4 is 13.9 Å². The molecule has 3 aliphatic rings. The second kappa shape index (κ2) is 9.40. The number of alkyl halides is 3. The van der Waals surface area contributed by atoms with Gasteiger partial charge in [-0.1, -0.05) is 46.4 Å². The first kappa shape index (κ1) is 20.0. The van der Waals surface area contributed by atoms with Crippen LogP contribution in [0.5, 0.6) is 0 Å². The number of carbonyl (C=O) groups excluding carboxylic acids is 1. The highest BCUT2D eigenvalue weighted by Gasteiger charge is 2.40. The van der Waals surface area contributed by atoms with E-state index >= 15 is 0 Å². The molecule has 0 aromatic rings. The Hall–Kier alpha value is -0.310. The van der Waals surface area contributed by atoms with Gasteiger partial charge in [0.25, 0.3) is 0 Å². The first-order valence-electron chi connectivity index (χ1n) is 9.36. The van der Waals surface area contributed by atoms with Gasteiger partial charge in [-0.05, 0) is 55.5 Å². The molecule has 0 atom stereocenters. The van der Waals surface area contributed by atoms with Crippen molar-refractivity contribution in [3.63, 3.8) is 0 Å². The van der Waals surface area contributed by atoms with Crippen LogP contribution in [-0.2, 0) is 9.53 Å². The highest BCUT2D eigenvalue weighted by Crippen LogP contribution is 2.63. The van der Waals surface area contributed by atoms with E-state index in [4.69, 9.17) is 0 Å². The van der Waals surface area contributed by atoms with Crippen LogP contribution >= 0.6 is 7.92 Å². The Bertz CT molecular complexity index is 344. The first-order valence-corrected chi connectivity index (χ1v) is 10.9. The third-order valence-corrected chi connectivity index (χ3v) is 9.73. The summed E-state index contributed by atoms with van der Waals surface area (Å²) in [6, 6.07) is 0. The number of carbonyl (C=O) groups is 1. The maximum atomic E-state index is 11.0. The van der Waals surface area contributed by atoms with E-state index in [1.54, 1.807) is 77.0 Å². The molecule has 0 aromatic heterocycles. The average Bonchev–Trinajstić information content (AvgIpc) is 3.30. The van der Waals surface area contributed by atoms with Crippen LogP contribution in [0, 0.1) is 0 Å². The van der Waals surface area contributed by atoms with Crippen molar-refractivity contribution in [2.24, 2.45) is 0 Å². The molecule has 3 saturated carbocycles. The summed E-state index contributed by atoms with van der Waals surface area (Å²) in [5, 5.41) is 0. The molecule has 24 heavy (non-hydrogen) atoms. The molecule has 0 spiro atoms. The van der Waals surface area contributed by atoms with Gasteiger partial charge in [0, 0.05) is 0 Å². The Morgan fingerprint density at radius 1 is 0.792 bits per heavy atom. The van der Waals surface area contributed by atoms with E-state index in [0.29, 0.717) is 15.0 Å². The van der Waals surface area contributed by atoms with Gasteiger partial charge in [0.1, 0.15) is 0 Å². The molecule has 0 aromatic carbocycles. The molecular weight excluding hydrogens is 336 g/mol. The van der Waals surface area contributed by atoms with Gasteiger partial charge in [0.15, 0.2) is 0 Å². The van der Waals surface area contributed by atoms with E-state index in [1.807, 2.05) is 0 Å². The van der Waals surface area contributed by atoms with Crippen LogP contribution in [0.2, 0.25) is 0 Å². The SMILES string of the molecule is C1CCC(P(C2CCCC2)C2CCCC2)C1.COC(=O)C(F)(F)F. The molecule has 140 valence electrons. The van der Waals surface area contributed by atoms with E-state index in [0.717, 1.165) is 0 Å². The summed E-state index contributed by atoms with van der Waals surface area (Å²) in [6.45, 7) is 0. The Balaban J connectivity index is 0.000000224.